The number of aryl methyl sites for hydroxylation is 1. The van der Waals surface area contributed by atoms with Crippen LogP contribution in [0.4, 0.5) is 5.69 Å². The minimum Gasteiger partial charge on any atom is -0.493 e. The van der Waals surface area contributed by atoms with Gasteiger partial charge in [0.25, 0.3) is 0 Å². The molecule has 5 heteroatoms. The summed E-state index contributed by atoms with van der Waals surface area (Å²) in [6.45, 7) is 2.03. The number of methoxy groups -OCH3 is 2. The highest BCUT2D eigenvalue weighted by Gasteiger charge is 2.14. The molecule has 1 heterocycles. The van der Waals surface area contributed by atoms with Crippen LogP contribution in [0.3, 0.4) is 0 Å². The van der Waals surface area contributed by atoms with Crippen molar-refractivity contribution >= 4 is 16.7 Å². The number of aromatic amines is 1. The van der Waals surface area contributed by atoms with E-state index in [0.717, 1.165) is 28.0 Å². The Kier molecular flexibility index (Phi) is 3.17. The van der Waals surface area contributed by atoms with Crippen molar-refractivity contribution in [3.8, 4) is 22.9 Å². The number of H-pyrrole nitrogens is 1. The van der Waals surface area contributed by atoms with Gasteiger partial charge in [-0.1, -0.05) is 12.1 Å². The number of nitrogens with two attached hydrogens (primary N) is 1. The Balaban J connectivity index is 2.20. The molecule has 21 heavy (non-hydrogen) atoms. The highest BCUT2D eigenvalue weighted by Crippen LogP contribution is 2.36. The number of ether oxygens (including phenoxy) is 2. The van der Waals surface area contributed by atoms with E-state index in [0.29, 0.717) is 17.2 Å². The zero-order valence-electron chi connectivity index (χ0n) is 12.2. The number of para-hydroxylation sites is 1. The molecule has 0 atom stereocenters. The van der Waals surface area contributed by atoms with Gasteiger partial charge in [0.05, 0.1) is 25.3 Å². The summed E-state index contributed by atoms with van der Waals surface area (Å²) in [5, 5.41) is 0. The molecule has 0 saturated carbocycles. The Morgan fingerprint density at radius 2 is 1.81 bits per heavy atom. The van der Waals surface area contributed by atoms with E-state index in [-0.39, 0.29) is 0 Å². The molecule has 108 valence electrons. The summed E-state index contributed by atoms with van der Waals surface area (Å²) >= 11 is 0. The molecule has 0 saturated heterocycles. The van der Waals surface area contributed by atoms with Gasteiger partial charge in [0.2, 0.25) is 0 Å². The number of benzene rings is 2. The SMILES string of the molecule is COc1cc(N)c(-c2nc3c(C)cccc3[nH]2)cc1OC. The summed E-state index contributed by atoms with van der Waals surface area (Å²) in [6, 6.07) is 9.60. The predicted octanol–water partition coefficient (Wildman–Crippen LogP) is 3.14. The van der Waals surface area contributed by atoms with Crippen LogP contribution in [0, 0.1) is 6.92 Å². The second-order valence-corrected chi connectivity index (χ2v) is 4.85. The first-order valence-electron chi connectivity index (χ1n) is 6.61. The molecular weight excluding hydrogens is 266 g/mol. The Morgan fingerprint density at radius 3 is 2.48 bits per heavy atom. The third-order valence-electron chi connectivity index (χ3n) is 3.53. The maximum atomic E-state index is 6.12. The summed E-state index contributed by atoms with van der Waals surface area (Å²) in [4.78, 5) is 7.94. The van der Waals surface area contributed by atoms with Crippen LogP contribution in [0.5, 0.6) is 11.5 Å². The van der Waals surface area contributed by atoms with Gasteiger partial charge >= 0.3 is 0 Å². The zero-order valence-corrected chi connectivity index (χ0v) is 12.2. The summed E-state index contributed by atoms with van der Waals surface area (Å²) in [5.41, 5.74) is 10.5. The molecule has 5 nitrogen and oxygen atoms in total. The monoisotopic (exact) mass is 283 g/mol. The lowest BCUT2D eigenvalue weighted by molar-refractivity contribution is 0.355. The number of anilines is 1. The van der Waals surface area contributed by atoms with E-state index < -0.39 is 0 Å². The number of nitrogens with zero attached hydrogens (tertiary/aromatic N) is 1. The van der Waals surface area contributed by atoms with Crippen molar-refractivity contribution in [3.05, 3.63) is 35.9 Å². The lowest BCUT2D eigenvalue weighted by Gasteiger charge is -2.11. The van der Waals surface area contributed by atoms with E-state index in [1.165, 1.54) is 0 Å². The van der Waals surface area contributed by atoms with Crippen molar-refractivity contribution < 1.29 is 9.47 Å². The van der Waals surface area contributed by atoms with Crippen molar-refractivity contribution in [1.29, 1.82) is 0 Å². The average Bonchev–Trinajstić information content (AvgIpc) is 2.92. The highest BCUT2D eigenvalue weighted by atomic mass is 16.5. The van der Waals surface area contributed by atoms with Gasteiger partial charge in [-0.3, -0.25) is 0 Å². The number of aromatic nitrogens is 2. The van der Waals surface area contributed by atoms with Crippen LogP contribution in [0.1, 0.15) is 5.56 Å². The van der Waals surface area contributed by atoms with Gasteiger partial charge in [-0.2, -0.15) is 0 Å². The number of nitrogen functional groups attached to an aromatic ring is 1. The molecule has 0 aliphatic heterocycles. The fourth-order valence-electron chi connectivity index (χ4n) is 2.40. The highest BCUT2D eigenvalue weighted by molar-refractivity contribution is 5.85. The third-order valence-corrected chi connectivity index (χ3v) is 3.53. The van der Waals surface area contributed by atoms with Crippen molar-refractivity contribution in [2.75, 3.05) is 20.0 Å². The van der Waals surface area contributed by atoms with Gasteiger partial charge in [0, 0.05) is 17.3 Å². The lowest BCUT2D eigenvalue weighted by Crippen LogP contribution is -1.96. The van der Waals surface area contributed by atoms with Crippen LogP contribution >= 0.6 is 0 Å². The van der Waals surface area contributed by atoms with Crippen molar-refractivity contribution in [3.63, 3.8) is 0 Å². The Hall–Kier alpha value is -2.69. The third kappa shape index (κ3) is 2.16. The van der Waals surface area contributed by atoms with Gasteiger partial charge < -0.3 is 20.2 Å². The van der Waals surface area contributed by atoms with E-state index in [4.69, 9.17) is 15.2 Å². The van der Waals surface area contributed by atoms with Gasteiger partial charge in [0.1, 0.15) is 5.82 Å². The molecule has 0 spiro atoms. The van der Waals surface area contributed by atoms with Crippen LogP contribution in [-0.2, 0) is 0 Å². The largest absolute Gasteiger partial charge is 0.493 e. The molecule has 0 amide bonds. The first kappa shape index (κ1) is 13.3. The second kappa shape index (κ2) is 5.01. The van der Waals surface area contributed by atoms with Crippen LogP contribution in [0.2, 0.25) is 0 Å². The van der Waals surface area contributed by atoms with Crippen LogP contribution in [0.25, 0.3) is 22.4 Å². The predicted molar refractivity (Wildman–Crippen MR) is 83.8 cm³/mol. The van der Waals surface area contributed by atoms with Gasteiger partial charge in [-0.05, 0) is 24.6 Å². The molecule has 0 aliphatic carbocycles. The van der Waals surface area contributed by atoms with E-state index in [1.54, 1.807) is 20.3 Å². The molecule has 0 fully saturated rings. The Labute approximate surface area is 122 Å². The number of imidazole rings is 1. The van der Waals surface area contributed by atoms with E-state index >= 15 is 0 Å². The molecule has 0 unspecified atom stereocenters. The number of hydrogen-bond donors (Lipinski definition) is 2. The van der Waals surface area contributed by atoms with Gasteiger partial charge in [0.15, 0.2) is 11.5 Å². The van der Waals surface area contributed by atoms with Crippen molar-refractivity contribution in [2.45, 2.75) is 6.92 Å². The molecule has 0 bridgehead atoms. The standard InChI is InChI=1S/C16H17N3O2/c1-9-5-4-6-12-15(9)19-16(18-12)10-7-13(20-2)14(21-3)8-11(10)17/h4-8H,17H2,1-3H3,(H,18,19). The smallest absolute Gasteiger partial charge is 0.162 e. The first-order valence-corrected chi connectivity index (χ1v) is 6.61. The molecular formula is C16H17N3O2. The topological polar surface area (TPSA) is 73.2 Å². The number of hydrogen-bond acceptors (Lipinski definition) is 4. The summed E-state index contributed by atoms with van der Waals surface area (Å²) in [7, 11) is 3.18. The van der Waals surface area contributed by atoms with Crippen LogP contribution in [0.15, 0.2) is 30.3 Å². The molecule has 0 aliphatic rings. The summed E-state index contributed by atoms with van der Waals surface area (Å²) < 4.78 is 10.6. The van der Waals surface area contributed by atoms with Crippen LogP contribution < -0.4 is 15.2 Å². The molecule has 3 aromatic rings. The fraction of sp³-hybridized carbons (Fsp3) is 0.188. The summed E-state index contributed by atoms with van der Waals surface area (Å²) in [6.07, 6.45) is 0. The molecule has 3 rings (SSSR count). The van der Waals surface area contributed by atoms with Gasteiger partial charge in [-0.15, -0.1) is 0 Å². The first-order chi connectivity index (χ1) is 10.1. The maximum Gasteiger partial charge on any atom is 0.162 e. The summed E-state index contributed by atoms with van der Waals surface area (Å²) in [5.74, 6) is 1.95. The molecule has 3 N–H and O–H groups in total. The normalized spacial score (nSPS) is 10.8. The Bertz CT molecular complexity index is 809. The van der Waals surface area contributed by atoms with Crippen molar-refractivity contribution in [2.24, 2.45) is 0 Å². The molecule has 1 aromatic heterocycles. The minimum atomic E-state index is 0.587. The number of fused-ring (bicyclic) bond motifs is 1. The van der Waals surface area contributed by atoms with Crippen molar-refractivity contribution in [1.82, 2.24) is 9.97 Å². The number of nitrogens with one attached hydrogen (secondary N) is 1. The maximum absolute atomic E-state index is 6.12. The fourth-order valence-corrected chi connectivity index (χ4v) is 2.40. The second-order valence-electron chi connectivity index (χ2n) is 4.85. The molecule has 2 aromatic carbocycles. The lowest BCUT2D eigenvalue weighted by atomic mass is 10.1. The van der Waals surface area contributed by atoms with E-state index in [2.05, 4.69) is 9.97 Å². The Morgan fingerprint density at radius 1 is 1.10 bits per heavy atom. The number of rotatable bonds is 3. The average molecular weight is 283 g/mol. The zero-order chi connectivity index (χ0) is 15.0. The molecule has 0 radical (unpaired) electrons. The van der Waals surface area contributed by atoms with E-state index in [9.17, 15) is 0 Å². The minimum absolute atomic E-state index is 0.587. The van der Waals surface area contributed by atoms with Gasteiger partial charge in [-0.25, -0.2) is 4.98 Å². The van der Waals surface area contributed by atoms with Crippen LogP contribution in [-0.4, -0.2) is 24.2 Å². The van der Waals surface area contributed by atoms with E-state index in [1.807, 2.05) is 31.2 Å². The quantitative estimate of drug-likeness (QED) is 0.724.